The van der Waals surface area contributed by atoms with Crippen LogP contribution in [0.25, 0.3) is 20.2 Å². The third kappa shape index (κ3) is 17.8. The number of morpholine rings is 3. The van der Waals surface area contributed by atoms with E-state index in [9.17, 15) is 33.6 Å². The number of aromatic carboxylic acids is 1. The predicted molar refractivity (Wildman–Crippen MR) is 369 cm³/mol. The van der Waals surface area contributed by atoms with Gasteiger partial charge in [-0.25, -0.2) is 4.79 Å². The molecule has 0 radical (unpaired) electrons. The van der Waals surface area contributed by atoms with Gasteiger partial charge in [0.1, 0.15) is 38.2 Å². The Morgan fingerprint density at radius 1 is 0.453 bits per heavy atom. The van der Waals surface area contributed by atoms with E-state index in [1.54, 1.807) is 90.9 Å². The lowest BCUT2D eigenvalue weighted by Crippen LogP contribution is -2.41. The maximum Gasteiger partial charge on any atom is 0.352 e. The second-order valence-corrected chi connectivity index (χ2v) is 25.6. The van der Waals surface area contributed by atoms with Gasteiger partial charge in [0, 0.05) is 158 Å². The minimum absolute atomic E-state index is 0.0630. The summed E-state index contributed by atoms with van der Waals surface area (Å²) in [5.41, 5.74) is 9.99. The summed E-state index contributed by atoms with van der Waals surface area (Å²) in [5, 5.41) is 28.5. The molecule has 3 aliphatic rings. The van der Waals surface area contributed by atoms with E-state index >= 15 is 0 Å². The van der Waals surface area contributed by atoms with Gasteiger partial charge in [0.25, 0.3) is 35.4 Å². The Kier molecular flexibility index (Phi) is 23.3. The first-order valence-electron chi connectivity index (χ1n) is 30.7. The molecule has 12 rings (SSSR count). The van der Waals surface area contributed by atoms with Gasteiger partial charge in [-0.15, -0.1) is 22.7 Å². The van der Waals surface area contributed by atoms with Crippen LogP contribution in [0.4, 0.5) is 28.4 Å². The fraction of sp³-hybridized carbons (Fsp3) is 0.338. The highest BCUT2D eigenvalue weighted by Crippen LogP contribution is 2.37. The maximum atomic E-state index is 13.2. The van der Waals surface area contributed by atoms with E-state index in [1.165, 1.54) is 33.3 Å². The fourth-order valence-corrected chi connectivity index (χ4v) is 13.8. The Hall–Kier alpha value is -8.81. The summed E-state index contributed by atoms with van der Waals surface area (Å²) in [6.07, 6.45) is 8.32. The van der Waals surface area contributed by atoms with Gasteiger partial charge < -0.3 is 79.8 Å². The van der Waals surface area contributed by atoms with E-state index < -0.39 is 17.8 Å². The van der Waals surface area contributed by atoms with Crippen LogP contribution in [0.2, 0.25) is 10.0 Å². The number of nitrogen functional groups attached to an aromatic ring is 1. The second-order valence-electron chi connectivity index (χ2n) is 22.7. The Morgan fingerprint density at radius 2 is 0.800 bits per heavy atom. The average Bonchev–Trinajstić information content (AvgIpc) is 1.67. The number of hydrogen-bond acceptors (Lipinski definition) is 16. The molecule has 2 aromatic carbocycles. The summed E-state index contributed by atoms with van der Waals surface area (Å²) < 4.78 is 26.1. The zero-order valence-corrected chi connectivity index (χ0v) is 56.0. The normalized spacial score (nSPS) is 14.5. The number of benzene rings is 2. The van der Waals surface area contributed by atoms with Crippen molar-refractivity contribution < 1.29 is 52.9 Å². The number of anilines is 5. The van der Waals surface area contributed by atoms with Gasteiger partial charge in [-0.3, -0.25) is 43.5 Å². The van der Waals surface area contributed by atoms with Crippen molar-refractivity contribution >= 4 is 136 Å². The van der Waals surface area contributed by atoms with Crippen LogP contribution in [0.3, 0.4) is 0 Å². The lowest BCUT2D eigenvalue weighted by atomic mass is 10.2. The molecule has 26 nitrogen and oxygen atoms in total. The summed E-state index contributed by atoms with van der Waals surface area (Å²) >= 11 is 15.3. The molecule has 0 unspecified atom stereocenters. The van der Waals surface area contributed by atoms with Crippen molar-refractivity contribution in [3.05, 3.63) is 158 Å². The van der Waals surface area contributed by atoms with Crippen LogP contribution in [0.15, 0.2) is 110 Å². The second kappa shape index (κ2) is 32.1. The number of thiophene rings is 2. The Bertz CT molecular complexity index is 4240. The molecule has 502 valence electrons. The molecule has 6 amide bonds. The summed E-state index contributed by atoms with van der Waals surface area (Å²) in [5.74, 6) is -2.91. The van der Waals surface area contributed by atoms with Gasteiger partial charge in [-0.2, -0.15) is 0 Å². The van der Waals surface area contributed by atoms with Crippen molar-refractivity contribution in [2.24, 2.45) is 28.2 Å². The summed E-state index contributed by atoms with van der Waals surface area (Å²) in [6, 6.07) is 22.9. The number of fused-ring (bicyclic) bond motifs is 2. The van der Waals surface area contributed by atoms with Gasteiger partial charge in [-0.05, 0) is 42.5 Å². The molecule has 7 aromatic heterocycles. The van der Waals surface area contributed by atoms with E-state index in [-0.39, 0.29) is 29.3 Å². The lowest BCUT2D eigenvalue weighted by Gasteiger charge is -2.27. The van der Waals surface area contributed by atoms with Gasteiger partial charge in [0.2, 0.25) is 0 Å². The number of aromatic nitrogens is 5. The number of carboxylic acids is 1. The van der Waals surface area contributed by atoms with E-state index in [4.69, 9.17) is 48.3 Å². The van der Waals surface area contributed by atoms with Crippen LogP contribution in [0.5, 0.6) is 0 Å². The number of nitrogens with one attached hydrogen (secondary N) is 6. The van der Waals surface area contributed by atoms with E-state index in [0.717, 1.165) is 112 Å². The number of aryl methyl sites for hydroxylation is 4. The molecule has 0 saturated carbocycles. The number of nitrogens with zero attached hydrogens (tertiary/aromatic N) is 8. The topological polar surface area (TPSA) is 300 Å². The largest absolute Gasteiger partial charge is 0.477 e. The SMILES string of the molecule is Cn1cc(NC(=O)c2cc(NC(=O)c3cc(NC(=O)c4sc5ccccc5c4Cl)cn3C)cn2C)cc1C(=O)NCCN1CCOCC1.Cn1cc(NC(=O)c2sc3ccccc3c2Cl)cc1C(=O)O.Nc1cc(C(=O)NCCN2CCOCC2)n(CCN2CCOCC2)c1. The zero-order valence-electron chi connectivity index (χ0n) is 52.9. The minimum atomic E-state index is -1.05. The molecular formula is C65H75Cl2N15O11S2. The van der Waals surface area contributed by atoms with Crippen LogP contribution in [-0.2, 0) is 48.9 Å². The molecule has 3 saturated heterocycles. The van der Waals surface area contributed by atoms with Crippen molar-refractivity contribution in [1.82, 2.24) is 48.2 Å². The Labute approximate surface area is 565 Å². The Balaban J connectivity index is 0.000000174. The maximum absolute atomic E-state index is 13.2. The standard InChI is InChI=1S/C33H35ClN8O5S.C17H29N5O3.C15H11ClN2O3S/c1-39-17-20(14-24(39)30(43)35-8-9-42-10-12-47-13-11-42)36-31(44)25-15-21(18-40(25)2)37-32(45)26-16-22(19-41(26)3)38-33(46)29-28(34)23-6-4-5-7-27(23)48-29;18-15-13-16(17(23)19-1-2-20-5-9-24-10-6-20)22(14-15)4-3-21-7-11-25-12-8-21;1-18-7-8(6-10(18)15(20)21)17-14(19)13-12(16)9-4-2-3-5-11(9)22-13/h4-7,14-19H,8-13H2,1-3H3,(H,35,43)(H,36,44)(H,37,45)(H,38,46);13-14H,1-12,18H2,(H,19,23);2-7H,1H3,(H,17,19)(H,20,21). The highest BCUT2D eigenvalue weighted by atomic mass is 35.5. The molecule has 30 heteroatoms. The van der Waals surface area contributed by atoms with Gasteiger partial charge >= 0.3 is 5.97 Å². The molecule has 10 heterocycles. The number of carbonyl (C=O) groups excluding carboxylic acids is 6. The molecule has 9 aromatic rings. The van der Waals surface area contributed by atoms with Gasteiger partial charge in [-0.1, -0.05) is 59.6 Å². The number of amides is 6. The first-order valence-corrected chi connectivity index (χ1v) is 33.1. The number of halogens is 2. The zero-order chi connectivity index (χ0) is 67.3. The first kappa shape index (κ1) is 69.0. The van der Waals surface area contributed by atoms with Gasteiger partial charge in [0.15, 0.2) is 0 Å². The molecular weight excluding hydrogens is 1300 g/mol. The smallest absolute Gasteiger partial charge is 0.352 e. The molecule has 9 N–H and O–H groups in total. The summed E-state index contributed by atoms with van der Waals surface area (Å²) in [6.45, 7) is 14.3. The third-order valence-corrected chi connectivity index (χ3v) is 19.3. The lowest BCUT2D eigenvalue weighted by molar-refractivity contribution is 0.0362. The van der Waals surface area contributed by atoms with Crippen LogP contribution >= 0.6 is 45.9 Å². The number of carbonyl (C=O) groups is 7. The fourth-order valence-electron chi connectivity index (χ4n) is 11.0. The Morgan fingerprint density at radius 3 is 1.19 bits per heavy atom. The van der Waals surface area contributed by atoms with E-state index in [1.807, 2.05) is 59.3 Å². The van der Waals surface area contributed by atoms with Crippen molar-refractivity contribution in [3.8, 4) is 0 Å². The van der Waals surface area contributed by atoms with Crippen molar-refractivity contribution in [1.29, 1.82) is 0 Å². The van der Waals surface area contributed by atoms with Gasteiger partial charge in [0.05, 0.1) is 78.1 Å². The molecule has 95 heavy (non-hydrogen) atoms. The molecule has 3 aliphatic heterocycles. The molecule has 0 aliphatic carbocycles. The molecule has 3 fully saturated rings. The molecule has 0 bridgehead atoms. The number of rotatable bonds is 20. The molecule has 0 atom stereocenters. The monoisotopic (exact) mass is 1380 g/mol. The highest BCUT2D eigenvalue weighted by molar-refractivity contribution is 7.22. The van der Waals surface area contributed by atoms with Crippen LogP contribution in [0.1, 0.15) is 71.8 Å². The number of carboxylic acid groups (broad SMARTS) is 1. The third-order valence-electron chi connectivity index (χ3n) is 16.0. The molecule has 0 spiro atoms. The van der Waals surface area contributed by atoms with E-state index in [0.29, 0.717) is 97.3 Å². The summed E-state index contributed by atoms with van der Waals surface area (Å²) in [4.78, 5) is 95.7. The van der Waals surface area contributed by atoms with Crippen molar-refractivity contribution in [3.63, 3.8) is 0 Å². The van der Waals surface area contributed by atoms with Crippen molar-refractivity contribution in [2.45, 2.75) is 6.54 Å². The quantitative estimate of drug-likeness (QED) is 0.0363. The average molecular weight is 1380 g/mol. The first-order chi connectivity index (χ1) is 45.8. The van der Waals surface area contributed by atoms with Crippen LogP contribution < -0.4 is 37.6 Å². The highest BCUT2D eigenvalue weighted by Gasteiger charge is 2.24. The predicted octanol–water partition coefficient (Wildman–Crippen LogP) is 7.70. The summed E-state index contributed by atoms with van der Waals surface area (Å²) in [7, 11) is 6.73. The van der Waals surface area contributed by atoms with Crippen molar-refractivity contribution in [2.75, 3.05) is 139 Å². The number of hydrogen-bond donors (Lipinski definition) is 8. The number of nitrogens with two attached hydrogens (primary N) is 1. The number of ether oxygens (including phenoxy) is 3. The van der Waals surface area contributed by atoms with Crippen LogP contribution in [0, 0.1) is 0 Å². The minimum Gasteiger partial charge on any atom is -0.477 e. The van der Waals surface area contributed by atoms with E-state index in [2.05, 4.69) is 46.6 Å². The van der Waals surface area contributed by atoms with Crippen LogP contribution in [-0.4, -0.2) is 196 Å².